The van der Waals surface area contributed by atoms with Crippen LogP contribution in [-0.4, -0.2) is 9.55 Å². The monoisotopic (exact) mass is 136 g/mol. The first kappa shape index (κ1) is 5.96. The Morgan fingerprint density at radius 2 is 2.70 bits per heavy atom. The van der Waals surface area contributed by atoms with Crippen molar-refractivity contribution in [3.8, 4) is 0 Å². The second-order valence-electron chi connectivity index (χ2n) is 2.87. The maximum atomic E-state index is 4.31. The van der Waals surface area contributed by atoms with E-state index in [-0.39, 0.29) is 0 Å². The third-order valence-electron chi connectivity index (χ3n) is 2.32. The normalized spacial score (nSPS) is 23.1. The van der Waals surface area contributed by atoms with E-state index in [1.807, 2.05) is 6.20 Å². The molecule has 2 heterocycles. The number of imidazole rings is 1. The lowest BCUT2D eigenvalue weighted by Gasteiger charge is -2.00. The topological polar surface area (TPSA) is 17.8 Å². The van der Waals surface area contributed by atoms with Gasteiger partial charge in [-0.05, 0) is 12.8 Å². The summed E-state index contributed by atoms with van der Waals surface area (Å²) in [6, 6.07) is 0. The third-order valence-corrected chi connectivity index (χ3v) is 2.32. The van der Waals surface area contributed by atoms with Crippen molar-refractivity contribution in [2.24, 2.45) is 0 Å². The minimum absolute atomic E-state index is 0.731. The molecule has 54 valence electrons. The van der Waals surface area contributed by atoms with E-state index in [1.54, 1.807) is 0 Å². The van der Waals surface area contributed by atoms with Crippen LogP contribution in [0.25, 0.3) is 0 Å². The van der Waals surface area contributed by atoms with Crippen molar-refractivity contribution in [1.82, 2.24) is 9.55 Å². The summed E-state index contributed by atoms with van der Waals surface area (Å²) in [6.45, 7) is 3.41. The highest BCUT2D eigenvalue weighted by Gasteiger charge is 2.20. The summed E-state index contributed by atoms with van der Waals surface area (Å²) in [5.74, 6) is 2.03. The van der Waals surface area contributed by atoms with Crippen molar-refractivity contribution >= 4 is 0 Å². The molecule has 10 heavy (non-hydrogen) atoms. The first-order valence-corrected chi connectivity index (χ1v) is 3.93. The fourth-order valence-electron chi connectivity index (χ4n) is 1.68. The van der Waals surface area contributed by atoms with Gasteiger partial charge < -0.3 is 4.57 Å². The van der Waals surface area contributed by atoms with Crippen molar-refractivity contribution < 1.29 is 0 Å². The summed E-state index contributed by atoms with van der Waals surface area (Å²) in [4.78, 5) is 4.31. The summed E-state index contributed by atoms with van der Waals surface area (Å²) >= 11 is 0. The quantitative estimate of drug-likeness (QED) is 0.575. The predicted octanol–water partition coefficient (Wildman–Crippen LogP) is 1.78. The van der Waals surface area contributed by atoms with E-state index < -0.39 is 0 Å². The molecule has 0 aliphatic carbocycles. The van der Waals surface area contributed by atoms with Crippen LogP contribution >= 0.6 is 0 Å². The van der Waals surface area contributed by atoms with Crippen LogP contribution < -0.4 is 0 Å². The molecule has 0 spiro atoms. The fourth-order valence-corrected chi connectivity index (χ4v) is 1.68. The molecule has 1 aliphatic rings. The summed E-state index contributed by atoms with van der Waals surface area (Å²) in [5, 5.41) is 0. The molecule has 1 aromatic heterocycles. The Bertz CT molecular complexity index is 227. The molecule has 0 N–H and O–H groups in total. The number of aromatic nitrogens is 2. The summed E-state index contributed by atoms with van der Waals surface area (Å²) < 4.78 is 2.26. The summed E-state index contributed by atoms with van der Waals surface area (Å²) in [6.07, 6.45) is 6.50. The van der Waals surface area contributed by atoms with Crippen molar-refractivity contribution in [3.05, 3.63) is 18.2 Å². The smallest absolute Gasteiger partial charge is 0.111 e. The Morgan fingerprint density at radius 3 is 3.50 bits per heavy atom. The number of hydrogen-bond acceptors (Lipinski definition) is 1. The van der Waals surface area contributed by atoms with Gasteiger partial charge in [0.2, 0.25) is 0 Å². The van der Waals surface area contributed by atoms with E-state index in [0.717, 1.165) is 5.92 Å². The zero-order valence-corrected chi connectivity index (χ0v) is 6.25. The first-order valence-electron chi connectivity index (χ1n) is 3.93. The molecule has 1 atom stereocenters. The molecule has 0 bridgehead atoms. The van der Waals surface area contributed by atoms with Crippen molar-refractivity contribution in [1.29, 1.82) is 0 Å². The lowest BCUT2D eigenvalue weighted by molar-refractivity contribution is 0.635. The van der Waals surface area contributed by atoms with E-state index in [9.17, 15) is 0 Å². The molecule has 0 saturated heterocycles. The number of aryl methyl sites for hydroxylation is 1. The fraction of sp³-hybridized carbons (Fsp3) is 0.625. The molecule has 2 rings (SSSR count). The second kappa shape index (κ2) is 2.11. The highest BCUT2D eigenvalue weighted by Crippen LogP contribution is 2.28. The van der Waals surface area contributed by atoms with Gasteiger partial charge in [-0.25, -0.2) is 4.98 Å². The van der Waals surface area contributed by atoms with E-state index in [1.165, 1.54) is 25.2 Å². The first-order chi connectivity index (χ1) is 4.92. The van der Waals surface area contributed by atoms with Gasteiger partial charge >= 0.3 is 0 Å². The molecule has 1 aliphatic heterocycles. The van der Waals surface area contributed by atoms with Crippen molar-refractivity contribution in [2.75, 3.05) is 0 Å². The van der Waals surface area contributed by atoms with Gasteiger partial charge in [-0.2, -0.15) is 0 Å². The highest BCUT2D eigenvalue weighted by molar-refractivity contribution is 5.04. The minimum atomic E-state index is 0.731. The Balaban J connectivity index is 2.34. The van der Waals surface area contributed by atoms with Gasteiger partial charge in [0.05, 0.1) is 0 Å². The van der Waals surface area contributed by atoms with E-state index in [4.69, 9.17) is 0 Å². The van der Waals surface area contributed by atoms with Gasteiger partial charge in [0.1, 0.15) is 5.82 Å². The van der Waals surface area contributed by atoms with Crippen LogP contribution in [0.15, 0.2) is 12.4 Å². The average molecular weight is 136 g/mol. The van der Waals surface area contributed by atoms with Crippen LogP contribution in [0.4, 0.5) is 0 Å². The largest absolute Gasteiger partial charge is 0.335 e. The Kier molecular flexibility index (Phi) is 1.26. The standard InChI is InChI=1S/C8H12N2/c1-2-7-3-5-10-6-4-9-8(7)10/h4,6-7H,2-3,5H2,1H3/t7-/m1/s1. The molecule has 1 aromatic rings. The molecule has 0 aromatic carbocycles. The zero-order valence-electron chi connectivity index (χ0n) is 6.25. The molecule has 0 fully saturated rings. The molecular formula is C8H12N2. The number of rotatable bonds is 1. The highest BCUT2D eigenvalue weighted by atomic mass is 15.1. The van der Waals surface area contributed by atoms with Gasteiger partial charge in [-0.1, -0.05) is 6.92 Å². The Morgan fingerprint density at radius 1 is 1.80 bits per heavy atom. The third kappa shape index (κ3) is 0.681. The lowest BCUT2D eigenvalue weighted by atomic mass is 10.1. The Labute approximate surface area is 60.9 Å². The molecule has 2 nitrogen and oxygen atoms in total. The maximum Gasteiger partial charge on any atom is 0.111 e. The average Bonchev–Trinajstić information content (AvgIpc) is 2.44. The molecule has 0 amide bonds. The van der Waals surface area contributed by atoms with Gasteiger partial charge in [-0.3, -0.25) is 0 Å². The molecular weight excluding hydrogens is 124 g/mol. The minimum Gasteiger partial charge on any atom is -0.335 e. The van der Waals surface area contributed by atoms with Gasteiger partial charge in [0, 0.05) is 24.9 Å². The molecule has 0 saturated carbocycles. The molecule has 0 radical (unpaired) electrons. The maximum absolute atomic E-state index is 4.31. The number of fused-ring (bicyclic) bond motifs is 1. The second-order valence-corrected chi connectivity index (χ2v) is 2.87. The van der Waals surface area contributed by atoms with Crippen LogP contribution in [0.1, 0.15) is 31.5 Å². The van der Waals surface area contributed by atoms with E-state index >= 15 is 0 Å². The van der Waals surface area contributed by atoms with Crippen LogP contribution in [-0.2, 0) is 6.54 Å². The zero-order chi connectivity index (χ0) is 6.97. The van der Waals surface area contributed by atoms with Crippen molar-refractivity contribution in [3.63, 3.8) is 0 Å². The SMILES string of the molecule is CC[C@@H]1CCn2ccnc21. The van der Waals surface area contributed by atoms with E-state index in [0.29, 0.717) is 0 Å². The van der Waals surface area contributed by atoms with Crippen LogP contribution in [0.3, 0.4) is 0 Å². The summed E-state index contributed by atoms with van der Waals surface area (Å²) in [7, 11) is 0. The van der Waals surface area contributed by atoms with Crippen LogP contribution in [0.5, 0.6) is 0 Å². The van der Waals surface area contributed by atoms with Gasteiger partial charge in [-0.15, -0.1) is 0 Å². The predicted molar refractivity (Wildman–Crippen MR) is 39.9 cm³/mol. The van der Waals surface area contributed by atoms with Gasteiger partial charge in [0.25, 0.3) is 0 Å². The van der Waals surface area contributed by atoms with Crippen LogP contribution in [0.2, 0.25) is 0 Å². The molecule has 2 heteroatoms. The van der Waals surface area contributed by atoms with Crippen molar-refractivity contribution in [2.45, 2.75) is 32.2 Å². The lowest BCUT2D eigenvalue weighted by Crippen LogP contribution is -1.93. The van der Waals surface area contributed by atoms with E-state index in [2.05, 4.69) is 22.7 Å². The Hall–Kier alpha value is -0.790. The van der Waals surface area contributed by atoms with Gasteiger partial charge in [0.15, 0.2) is 0 Å². The summed E-state index contributed by atoms with van der Waals surface area (Å²) in [5.41, 5.74) is 0. The number of nitrogens with zero attached hydrogens (tertiary/aromatic N) is 2. The molecule has 0 unspecified atom stereocenters. The van der Waals surface area contributed by atoms with Crippen LogP contribution in [0, 0.1) is 0 Å². The number of hydrogen-bond donors (Lipinski definition) is 0.